The Hall–Kier alpha value is -3.53. The Balaban J connectivity index is 0.000000360. The first-order valence-electron chi connectivity index (χ1n) is 9.88. The standard InChI is InChI=1S/C20H21N5.C2HF3O2/c21-17-7-4-10-25(14-17)20-13-23-19(12-24-20)16-6-3-5-15(11-16)18-8-1-2-9-22-18;3-2(4,5)1(6)7/h1-3,5-6,8-9,11-13,17H,4,7,10,14,21H2;(H,6,7). The first kappa shape index (κ1) is 23.1. The van der Waals surface area contributed by atoms with Gasteiger partial charge in [0.25, 0.3) is 0 Å². The second-order valence-electron chi connectivity index (χ2n) is 7.21. The predicted molar refractivity (Wildman–Crippen MR) is 114 cm³/mol. The molecule has 3 heterocycles. The number of hydrogen-bond acceptors (Lipinski definition) is 6. The smallest absolute Gasteiger partial charge is 0.475 e. The maximum Gasteiger partial charge on any atom is 0.490 e. The number of carbonyl (C=O) groups is 1. The number of aliphatic carboxylic acids is 1. The topological polar surface area (TPSA) is 105 Å². The van der Waals surface area contributed by atoms with Crippen LogP contribution < -0.4 is 10.6 Å². The molecule has 0 amide bonds. The molecule has 7 nitrogen and oxygen atoms in total. The third-order valence-electron chi connectivity index (χ3n) is 4.78. The van der Waals surface area contributed by atoms with Crippen molar-refractivity contribution in [2.75, 3.05) is 18.0 Å². The molecule has 1 fully saturated rings. The van der Waals surface area contributed by atoms with Gasteiger partial charge in [0.1, 0.15) is 5.82 Å². The Bertz CT molecular complexity index is 1030. The molecule has 3 N–H and O–H groups in total. The Morgan fingerprint density at radius 3 is 2.31 bits per heavy atom. The van der Waals surface area contributed by atoms with Crippen LogP contribution >= 0.6 is 0 Å². The van der Waals surface area contributed by atoms with Gasteiger partial charge in [0.2, 0.25) is 0 Å². The normalized spacial score (nSPS) is 16.1. The summed E-state index contributed by atoms with van der Waals surface area (Å²) in [4.78, 5) is 24.8. The fraction of sp³-hybridized carbons (Fsp3) is 0.273. The lowest BCUT2D eigenvalue weighted by atomic mass is 10.1. The fourth-order valence-electron chi connectivity index (χ4n) is 3.22. The van der Waals surface area contributed by atoms with Crippen molar-refractivity contribution in [2.45, 2.75) is 25.1 Å². The number of rotatable bonds is 3. The summed E-state index contributed by atoms with van der Waals surface area (Å²) in [6.45, 7) is 1.85. The lowest BCUT2D eigenvalue weighted by Gasteiger charge is -2.31. The van der Waals surface area contributed by atoms with Crippen LogP contribution in [-0.2, 0) is 4.79 Å². The summed E-state index contributed by atoms with van der Waals surface area (Å²) in [6, 6.07) is 14.4. The highest BCUT2D eigenvalue weighted by atomic mass is 19.4. The lowest BCUT2D eigenvalue weighted by Crippen LogP contribution is -2.43. The van der Waals surface area contributed by atoms with E-state index in [1.807, 2.05) is 42.7 Å². The van der Waals surface area contributed by atoms with Gasteiger partial charge in [-0.2, -0.15) is 13.2 Å². The molecule has 3 aromatic rings. The Labute approximate surface area is 182 Å². The Morgan fingerprint density at radius 2 is 1.75 bits per heavy atom. The van der Waals surface area contributed by atoms with Gasteiger partial charge in [-0.3, -0.25) is 9.97 Å². The number of nitrogens with two attached hydrogens (primary N) is 1. The van der Waals surface area contributed by atoms with Crippen LogP contribution in [0, 0.1) is 0 Å². The van der Waals surface area contributed by atoms with Crippen molar-refractivity contribution in [3.63, 3.8) is 0 Å². The van der Waals surface area contributed by atoms with E-state index in [0.29, 0.717) is 0 Å². The molecule has 1 aliphatic rings. The average Bonchev–Trinajstić information content (AvgIpc) is 2.80. The van der Waals surface area contributed by atoms with E-state index in [-0.39, 0.29) is 6.04 Å². The Kier molecular flexibility index (Phi) is 7.37. The quantitative estimate of drug-likeness (QED) is 0.632. The maximum atomic E-state index is 10.6. The summed E-state index contributed by atoms with van der Waals surface area (Å²) in [7, 11) is 0. The number of pyridine rings is 1. The molecule has 10 heteroatoms. The zero-order chi connectivity index (χ0) is 23.1. The van der Waals surface area contributed by atoms with Gasteiger partial charge < -0.3 is 15.7 Å². The molecule has 0 bridgehead atoms. The first-order chi connectivity index (χ1) is 15.2. The highest BCUT2D eigenvalue weighted by molar-refractivity contribution is 5.73. The number of aromatic nitrogens is 3. The van der Waals surface area contributed by atoms with E-state index < -0.39 is 12.1 Å². The minimum Gasteiger partial charge on any atom is -0.475 e. The molecule has 0 saturated carbocycles. The number of carboxylic acids is 1. The summed E-state index contributed by atoms with van der Waals surface area (Å²) in [5.41, 5.74) is 9.99. The molecule has 1 atom stereocenters. The summed E-state index contributed by atoms with van der Waals surface area (Å²) in [5, 5.41) is 7.12. The summed E-state index contributed by atoms with van der Waals surface area (Å²) >= 11 is 0. The van der Waals surface area contributed by atoms with Crippen molar-refractivity contribution in [1.29, 1.82) is 0 Å². The summed E-state index contributed by atoms with van der Waals surface area (Å²) in [6.07, 6.45) is 2.60. The van der Waals surface area contributed by atoms with Crippen molar-refractivity contribution in [3.8, 4) is 22.5 Å². The van der Waals surface area contributed by atoms with E-state index in [4.69, 9.17) is 15.6 Å². The van der Waals surface area contributed by atoms with Crippen LogP contribution in [0.15, 0.2) is 61.1 Å². The van der Waals surface area contributed by atoms with E-state index in [1.54, 1.807) is 6.20 Å². The molecule has 168 valence electrons. The fourth-order valence-corrected chi connectivity index (χ4v) is 3.22. The number of piperidine rings is 1. The van der Waals surface area contributed by atoms with Gasteiger partial charge in [-0.25, -0.2) is 9.78 Å². The third-order valence-corrected chi connectivity index (χ3v) is 4.78. The van der Waals surface area contributed by atoms with Crippen LogP contribution in [0.2, 0.25) is 0 Å². The number of benzene rings is 1. The zero-order valence-corrected chi connectivity index (χ0v) is 17.0. The minimum absolute atomic E-state index is 0.227. The first-order valence-corrected chi connectivity index (χ1v) is 9.88. The van der Waals surface area contributed by atoms with Crippen LogP contribution in [0.4, 0.5) is 19.0 Å². The molecule has 0 spiro atoms. The molecule has 4 rings (SSSR count). The monoisotopic (exact) mass is 445 g/mol. The van der Waals surface area contributed by atoms with Crippen molar-refractivity contribution in [2.24, 2.45) is 5.73 Å². The Morgan fingerprint density at radius 1 is 1.03 bits per heavy atom. The molecule has 0 radical (unpaired) electrons. The largest absolute Gasteiger partial charge is 0.490 e. The van der Waals surface area contributed by atoms with Crippen LogP contribution in [0.1, 0.15) is 12.8 Å². The molecule has 32 heavy (non-hydrogen) atoms. The van der Waals surface area contributed by atoms with Gasteiger partial charge >= 0.3 is 12.1 Å². The van der Waals surface area contributed by atoms with Crippen LogP contribution in [0.5, 0.6) is 0 Å². The van der Waals surface area contributed by atoms with Crippen LogP contribution in [0.25, 0.3) is 22.5 Å². The molecule has 0 aliphatic carbocycles. The number of alkyl halides is 3. The van der Waals surface area contributed by atoms with Gasteiger partial charge in [0.15, 0.2) is 0 Å². The highest BCUT2D eigenvalue weighted by Gasteiger charge is 2.38. The molecule has 1 unspecified atom stereocenters. The lowest BCUT2D eigenvalue weighted by molar-refractivity contribution is -0.192. The number of carboxylic acid groups (broad SMARTS) is 1. The van der Waals surface area contributed by atoms with Crippen molar-refractivity contribution >= 4 is 11.8 Å². The van der Waals surface area contributed by atoms with Gasteiger partial charge in [-0.1, -0.05) is 24.3 Å². The SMILES string of the molecule is NC1CCCN(c2cnc(-c3cccc(-c4ccccn4)c3)cn2)C1.O=C(O)C(F)(F)F. The molecule has 1 aliphatic heterocycles. The number of halogens is 3. The van der Waals surface area contributed by atoms with Crippen LogP contribution in [0.3, 0.4) is 0 Å². The maximum absolute atomic E-state index is 10.6. The van der Waals surface area contributed by atoms with Gasteiger partial charge in [-0.15, -0.1) is 0 Å². The van der Waals surface area contributed by atoms with Crippen molar-refractivity contribution < 1.29 is 23.1 Å². The molecular formula is C22H22F3N5O2. The highest BCUT2D eigenvalue weighted by Crippen LogP contribution is 2.25. The van der Waals surface area contributed by atoms with Crippen molar-refractivity contribution in [1.82, 2.24) is 15.0 Å². The third kappa shape index (κ3) is 6.24. The van der Waals surface area contributed by atoms with E-state index >= 15 is 0 Å². The summed E-state index contributed by atoms with van der Waals surface area (Å²) in [5.74, 6) is -1.85. The predicted octanol–water partition coefficient (Wildman–Crippen LogP) is 3.77. The zero-order valence-electron chi connectivity index (χ0n) is 17.0. The van der Waals surface area contributed by atoms with E-state index in [1.165, 1.54) is 0 Å². The number of hydrogen-bond donors (Lipinski definition) is 2. The van der Waals surface area contributed by atoms with Crippen LogP contribution in [-0.4, -0.2) is 51.3 Å². The van der Waals surface area contributed by atoms with Gasteiger partial charge in [0.05, 0.1) is 23.8 Å². The van der Waals surface area contributed by atoms with E-state index in [9.17, 15) is 13.2 Å². The molecule has 1 aromatic carbocycles. The van der Waals surface area contributed by atoms with Gasteiger partial charge in [0, 0.05) is 36.5 Å². The van der Waals surface area contributed by atoms with Crippen molar-refractivity contribution in [3.05, 3.63) is 61.1 Å². The molecule has 2 aromatic heterocycles. The number of nitrogens with zero attached hydrogens (tertiary/aromatic N) is 4. The molecular weight excluding hydrogens is 423 g/mol. The van der Waals surface area contributed by atoms with E-state index in [0.717, 1.165) is 54.3 Å². The second-order valence-corrected chi connectivity index (χ2v) is 7.21. The van der Waals surface area contributed by atoms with Gasteiger partial charge in [-0.05, 0) is 31.0 Å². The summed E-state index contributed by atoms with van der Waals surface area (Å²) < 4.78 is 31.7. The minimum atomic E-state index is -5.08. The molecule has 1 saturated heterocycles. The number of anilines is 1. The second kappa shape index (κ2) is 10.2. The van der Waals surface area contributed by atoms with E-state index in [2.05, 4.69) is 32.0 Å². The average molecular weight is 445 g/mol.